The van der Waals surface area contributed by atoms with Crippen LogP contribution in [0.2, 0.25) is 0 Å². The Balaban J connectivity index is 2.54. The van der Waals surface area contributed by atoms with Crippen molar-refractivity contribution in [2.45, 2.75) is 0 Å². The van der Waals surface area contributed by atoms with Gasteiger partial charge in [-0.3, -0.25) is 0 Å². The molecular weight excluding hydrogens is 196 g/mol. The van der Waals surface area contributed by atoms with Crippen molar-refractivity contribution < 1.29 is 0 Å². The van der Waals surface area contributed by atoms with Gasteiger partial charge in [-0.05, 0) is 6.07 Å². The third kappa shape index (κ3) is 1.13. The standard InChI is InChI=1S/C14H12N2/c1-9(15)10-6-4-7-12-11-5-2-3-8-13(11)16-14(10)12/h2-8,16H,1,15H2. The quantitative estimate of drug-likeness (QED) is 0.633. The predicted octanol–water partition coefficient (Wildman–Crippen LogP) is 3.25. The molecule has 0 saturated carbocycles. The van der Waals surface area contributed by atoms with Gasteiger partial charge >= 0.3 is 0 Å². The molecule has 2 nitrogen and oxygen atoms in total. The molecule has 0 aliphatic heterocycles. The molecule has 1 heterocycles. The number of benzene rings is 2. The number of aromatic amines is 1. The Labute approximate surface area is 93.4 Å². The molecule has 1 aromatic heterocycles. The van der Waals surface area contributed by atoms with Crippen LogP contribution >= 0.6 is 0 Å². The zero-order chi connectivity index (χ0) is 11.1. The van der Waals surface area contributed by atoms with Gasteiger partial charge in [-0.15, -0.1) is 0 Å². The molecule has 0 unspecified atom stereocenters. The summed E-state index contributed by atoms with van der Waals surface area (Å²) in [5.41, 5.74) is 9.56. The number of fused-ring (bicyclic) bond motifs is 3. The Kier molecular flexibility index (Phi) is 1.77. The van der Waals surface area contributed by atoms with Gasteiger partial charge < -0.3 is 10.7 Å². The first-order valence-corrected chi connectivity index (χ1v) is 5.21. The summed E-state index contributed by atoms with van der Waals surface area (Å²) in [6, 6.07) is 14.3. The number of rotatable bonds is 1. The summed E-state index contributed by atoms with van der Waals surface area (Å²) in [6.07, 6.45) is 0. The van der Waals surface area contributed by atoms with Crippen LogP contribution in [-0.4, -0.2) is 4.98 Å². The minimum absolute atomic E-state index is 0.595. The highest BCUT2D eigenvalue weighted by Crippen LogP contribution is 2.28. The maximum absolute atomic E-state index is 5.79. The molecular formula is C14H12N2. The van der Waals surface area contributed by atoms with Crippen molar-refractivity contribution >= 4 is 27.5 Å². The monoisotopic (exact) mass is 208 g/mol. The van der Waals surface area contributed by atoms with Crippen LogP contribution in [0.1, 0.15) is 5.56 Å². The van der Waals surface area contributed by atoms with Crippen LogP contribution in [0.15, 0.2) is 49.0 Å². The van der Waals surface area contributed by atoms with Crippen LogP contribution in [0.5, 0.6) is 0 Å². The molecule has 2 aromatic carbocycles. The molecule has 0 atom stereocenters. The zero-order valence-electron chi connectivity index (χ0n) is 8.83. The molecule has 0 aliphatic carbocycles. The summed E-state index contributed by atoms with van der Waals surface area (Å²) < 4.78 is 0. The summed E-state index contributed by atoms with van der Waals surface area (Å²) in [6.45, 7) is 3.80. The number of hydrogen-bond acceptors (Lipinski definition) is 1. The lowest BCUT2D eigenvalue weighted by Gasteiger charge is -2.00. The highest BCUT2D eigenvalue weighted by atomic mass is 14.7. The molecule has 0 saturated heterocycles. The topological polar surface area (TPSA) is 41.8 Å². The third-order valence-electron chi connectivity index (χ3n) is 2.89. The van der Waals surface area contributed by atoms with Crippen molar-refractivity contribution in [1.29, 1.82) is 0 Å². The summed E-state index contributed by atoms with van der Waals surface area (Å²) in [5.74, 6) is 0. The largest absolute Gasteiger partial charge is 0.399 e. The zero-order valence-corrected chi connectivity index (χ0v) is 8.83. The number of H-pyrrole nitrogens is 1. The van der Waals surface area contributed by atoms with Crippen LogP contribution < -0.4 is 5.73 Å². The summed E-state index contributed by atoms with van der Waals surface area (Å²) in [4.78, 5) is 3.39. The lowest BCUT2D eigenvalue weighted by Crippen LogP contribution is -1.94. The van der Waals surface area contributed by atoms with Crippen molar-refractivity contribution in [3.05, 3.63) is 54.6 Å². The number of hydrogen-bond donors (Lipinski definition) is 2. The van der Waals surface area contributed by atoms with Gasteiger partial charge in [0.25, 0.3) is 0 Å². The van der Waals surface area contributed by atoms with Crippen molar-refractivity contribution in [2.24, 2.45) is 5.73 Å². The van der Waals surface area contributed by atoms with Crippen LogP contribution in [0, 0.1) is 0 Å². The minimum Gasteiger partial charge on any atom is -0.399 e. The second-order valence-electron chi connectivity index (χ2n) is 3.92. The van der Waals surface area contributed by atoms with Gasteiger partial charge in [0.15, 0.2) is 0 Å². The Morgan fingerprint density at radius 3 is 2.56 bits per heavy atom. The molecule has 0 bridgehead atoms. The van der Waals surface area contributed by atoms with Crippen LogP contribution in [0.4, 0.5) is 0 Å². The van der Waals surface area contributed by atoms with E-state index in [4.69, 9.17) is 5.73 Å². The molecule has 0 spiro atoms. The fourth-order valence-corrected chi connectivity index (χ4v) is 2.14. The van der Waals surface area contributed by atoms with E-state index < -0.39 is 0 Å². The van der Waals surface area contributed by atoms with Gasteiger partial charge in [0.2, 0.25) is 0 Å². The highest BCUT2D eigenvalue weighted by molar-refractivity contribution is 6.10. The van der Waals surface area contributed by atoms with E-state index in [-0.39, 0.29) is 0 Å². The van der Waals surface area contributed by atoms with E-state index in [1.807, 2.05) is 24.3 Å². The third-order valence-corrected chi connectivity index (χ3v) is 2.89. The second kappa shape index (κ2) is 3.14. The van der Waals surface area contributed by atoms with E-state index in [2.05, 4.69) is 29.8 Å². The predicted molar refractivity (Wildman–Crippen MR) is 69.0 cm³/mol. The van der Waals surface area contributed by atoms with Gasteiger partial charge in [0.05, 0.1) is 5.52 Å². The van der Waals surface area contributed by atoms with Crippen molar-refractivity contribution in [3.8, 4) is 0 Å². The van der Waals surface area contributed by atoms with Crippen LogP contribution in [0.3, 0.4) is 0 Å². The Hall–Kier alpha value is -2.22. The maximum Gasteiger partial charge on any atom is 0.0559 e. The van der Waals surface area contributed by atoms with Crippen molar-refractivity contribution in [3.63, 3.8) is 0 Å². The maximum atomic E-state index is 5.79. The van der Waals surface area contributed by atoms with E-state index in [0.717, 1.165) is 16.6 Å². The molecule has 3 aromatic rings. The highest BCUT2D eigenvalue weighted by Gasteiger charge is 2.07. The summed E-state index contributed by atoms with van der Waals surface area (Å²) in [7, 11) is 0. The van der Waals surface area contributed by atoms with E-state index in [1.165, 1.54) is 10.8 Å². The fraction of sp³-hybridized carbons (Fsp3) is 0. The SMILES string of the molecule is C=C(N)c1cccc2c1[nH]c1ccccc12. The molecule has 3 N–H and O–H groups in total. The average molecular weight is 208 g/mol. The Morgan fingerprint density at radius 1 is 1.00 bits per heavy atom. The van der Waals surface area contributed by atoms with Gasteiger partial charge in [0.1, 0.15) is 0 Å². The Morgan fingerprint density at radius 2 is 1.75 bits per heavy atom. The Bertz CT molecular complexity index is 692. The van der Waals surface area contributed by atoms with E-state index in [1.54, 1.807) is 0 Å². The first-order chi connectivity index (χ1) is 7.77. The smallest absolute Gasteiger partial charge is 0.0559 e. The lowest BCUT2D eigenvalue weighted by atomic mass is 10.1. The van der Waals surface area contributed by atoms with E-state index >= 15 is 0 Å². The first kappa shape index (κ1) is 9.04. The van der Waals surface area contributed by atoms with Crippen LogP contribution in [0.25, 0.3) is 27.5 Å². The average Bonchev–Trinajstić information content (AvgIpc) is 2.67. The summed E-state index contributed by atoms with van der Waals surface area (Å²) >= 11 is 0. The normalized spacial score (nSPS) is 11.0. The molecule has 2 heteroatoms. The first-order valence-electron chi connectivity index (χ1n) is 5.21. The molecule has 0 aliphatic rings. The molecule has 16 heavy (non-hydrogen) atoms. The number of nitrogens with two attached hydrogens (primary N) is 1. The number of nitrogens with one attached hydrogen (secondary N) is 1. The molecule has 3 rings (SSSR count). The van der Waals surface area contributed by atoms with Gasteiger partial charge in [-0.2, -0.15) is 0 Å². The lowest BCUT2D eigenvalue weighted by molar-refractivity contribution is 1.49. The number of para-hydroxylation sites is 2. The van der Waals surface area contributed by atoms with E-state index in [0.29, 0.717) is 5.70 Å². The van der Waals surface area contributed by atoms with Gasteiger partial charge in [-0.25, -0.2) is 0 Å². The minimum atomic E-state index is 0.595. The van der Waals surface area contributed by atoms with Gasteiger partial charge in [0, 0.05) is 27.5 Å². The molecule has 0 fully saturated rings. The molecule has 78 valence electrons. The summed E-state index contributed by atoms with van der Waals surface area (Å²) in [5, 5.41) is 2.42. The fourth-order valence-electron chi connectivity index (χ4n) is 2.14. The van der Waals surface area contributed by atoms with Gasteiger partial charge in [-0.1, -0.05) is 43.0 Å². The molecule has 0 amide bonds. The van der Waals surface area contributed by atoms with Crippen LogP contribution in [-0.2, 0) is 0 Å². The number of aromatic nitrogens is 1. The van der Waals surface area contributed by atoms with Crippen molar-refractivity contribution in [1.82, 2.24) is 4.98 Å². The molecule has 0 radical (unpaired) electrons. The second-order valence-corrected chi connectivity index (χ2v) is 3.92. The van der Waals surface area contributed by atoms with E-state index in [9.17, 15) is 0 Å². The van der Waals surface area contributed by atoms with Crippen molar-refractivity contribution in [2.75, 3.05) is 0 Å².